The third-order valence-corrected chi connectivity index (χ3v) is 3.69. The first kappa shape index (κ1) is 14.7. The standard InChI is InChI=1S/C17H20FNO/c1-2-17(20,16-11-10-15(18)13-19-16)12-6-9-14-7-4-3-5-8-14/h3-5,7-8,10-11,13,20H,2,6,9,12H2,1H3. The molecule has 2 rings (SSSR count). The van der Waals surface area contributed by atoms with Crippen molar-refractivity contribution in [1.29, 1.82) is 0 Å². The highest BCUT2D eigenvalue weighted by molar-refractivity contribution is 5.16. The van der Waals surface area contributed by atoms with Crippen LogP contribution in [0, 0.1) is 5.82 Å². The summed E-state index contributed by atoms with van der Waals surface area (Å²) in [5, 5.41) is 10.7. The fourth-order valence-electron chi connectivity index (χ4n) is 2.37. The van der Waals surface area contributed by atoms with E-state index >= 15 is 0 Å². The second-order valence-corrected chi connectivity index (χ2v) is 5.09. The second-order valence-electron chi connectivity index (χ2n) is 5.09. The molecule has 2 aromatic rings. The Morgan fingerprint density at radius 3 is 2.50 bits per heavy atom. The summed E-state index contributed by atoms with van der Waals surface area (Å²) in [6.45, 7) is 1.92. The average Bonchev–Trinajstić information content (AvgIpc) is 2.49. The molecule has 0 aliphatic carbocycles. The second kappa shape index (κ2) is 6.62. The zero-order valence-corrected chi connectivity index (χ0v) is 11.7. The van der Waals surface area contributed by atoms with Crippen LogP contribution in [0.3, 0.4) is 0 Å². The van der Waals surface area contributed by atoms with Gasteiger partial charge >= 0.3 is 0 Å². The number of pyridine rings is 1. The molecule has 0 aliphatic rings. The van der Waals surface area contributed by atoms with Gasteiger partial charge in [-0.15, -0.1) is 0 Å². The predicted octanol–water partition coefficient (Wildman–Crippen LogP) is 3.84. The molecule has 2 nitrogen and oxygen atoms in total. The molecule has 1 aromatic heterocycles. The Bertz CT molecular complexity index is 526. The number of aromatic nitrogens is 1. The molecule has 0 radical (unpaired) electrons. The number of nitrogens with zero attached hydrogens (tertiary/aromatic N) is 1. The average molecular weight is 273 g/mol. The van der Waals surface area contributed by atoms with E-state index in [4.69, 9.17) is 0 Å². The van der Waals surface area contributed by atoms with Crippen LogP contribution in [0.25, 0.3) is 0 Å². The molecule has 1 heterocycles. The van der Waals surface area contributed by atoms with Crippen LogP contribution >= 0.6 is 0 Å². The molecule has 1 unspecified atom stereocenters. The van der Waals surface area contributed by atoms with E-state index in [9.17, 15) is 9.50 Å². The van der Waals surface area contributed by atoms with Crippen LogP contribution < -0.4 is 0 Å². The first-order valence-electron chi connectivity index (χ1n) is 7.02. The highest BCUT2D eigenvalue weighted by atomic mass is 19.1. The van der Waals surface area contributed by atoms with Crippen LogP contribution in [-0.2, 0) is 12.0 Å². The summed E-state index contributed by atoms with van der Waals surface area (Å²) in [5.74, 6) is -0.378. The Hall–Kier alpha value is -1.74. The maximum atomic E-state index is 12.9. The van der Waals surface area contributed by atoms with Crippen molar-refractivity contribution in [3.8, 4) is 0 Å². The zero-order chi connectivity index (χ0) is 14.4. The Morgan fingerprint density at radius 1 is 1.15 bits per heavy atom. The van der Waals surface area contributed by atoms with Gasteiger partial charge in [-0.1, -0.05) is 37.3 Å². The number of halogens is 1. The van der Waals surface area contributed by atoms with Gasteiger partial charge < -0.3 is 5.11 Å². The maximum Gasteiger partial charge on any atom is 0.141 e. The van der Waals surface area contributed by atoms with E-state index in [-0.39, 0.29) is 5.82 Å². The van der Waals surface area contributed by atoms with Gasteiger partial charge in [0.2, 0.25) is 0 Å². The zero-order valence-electron chi connectivity index (χ0n) is 11.7. The molecule has 0 aliphatic heterocycles. The molecule has 0 saturated carbocycles. The predicted molar refractivity (Wildman–Crippen MR) is 77.8 cm³/mol. The number of benzene rings is 1. The molecular formula is C17H20FNO. The minimum absolute atomic E-state index is 0.378. The van der Waals surface area contributed by atoms with E-state index in [2.05, 4.69) is 17.1 Å². The Labute approximate surface area is 119 Å². The first-order chi connectivity index (χ1) is 9.64. The van der Waals surface area contributed by atoms with Crippen LogP contribution in [0.4, 0.5) is 4.39 Å². The van der Waals surface area contributed by atoms with Gasteiger partial charge in [-0.2, -0.15) is 0 Å². The van der Waals surface area contributed by atoms with Crippen molar-refractivity contribution in [1.82, 2.24) is 4.98 Å². The summed E-state index contributed by atoms with van der Waals surface area (Å²) >= 11 is 0. The summed E-state index contributed by atoms with van der Waals surface area (Å²) < 4.78 is 12.9. The molecule has 106 valence electrons. The molecule has 3 heteroatoms. The smallest absolute Gasteiger partial charge is 0.141 e. The highest BCUT2D eigenvalue weighted by Crippen LogP contribution is 2.29. The lowest BCUT2D eigenvalue weighted by Crippen LogP contribution is -2.26. The van der Waals surface area contributed by atoms with Gasteiger partial charge in [-0.25, -0.2) is 4.39 Å². The molecule has 0 bridgehead atoms. The first-order valence-corrected chi connectivity index (χ1v) is 7.02. The van der Waals surface area contributed by atoms with Crippen molar-refractivity contribution in [3.05, 3.63) is 65.7 Å². The molecule has 20 heavy (non-hydrogen) atoms. The highest BCUT2D eigenvalue weighted by Gasteiger charge is 2.28. The molecule has 1 aromatic carbocycles. The largest absolute Gasteiger partial charge is 0.384 e. The summed E-state index contributed by atoms with van der Waals surface area (Å²) in [6.07, 6.45) is 4.14. The van der Waals surface area contributed by atoms with E-state index in [0.29, 0.717) is 18.5 Å². The van der Waals surface area contributed by atoms with E-state index in [1.165, 1.54) is 11.6 Å². The number of hydrogen-bond donors (Lipinski definition) is 1. The van der Waals surface area contributed by atoms with Crippen molar-refractivity contribution in [3.63, 3.8) is 0 Å². The van der Waals surface area contributed by atoms with Crippen LogP contribution in [0.1, 0.15) is 37.4 Å². The number of aliphatic hydroxyl groups is 1. The van der Waals surface area contributed by atoms with Crippen molar-refractivity contribution in [2.45, 2.75) is 38.2 Å². The molecule has 0 spiro atoms. The SMILES string of the molecule is CCC(O)(CCCc1ccccc1)c1ccc(F)cn1. The van der Waals surface area contributed by atoms with Gasteiger partial charge in [0, 0.05) is 0 Å². The Balaban J connectivity index is 1.99. The topological polar surface area (TPSA) is 33.1 Å². The maximum absolute atomic E-state index is 12.9. The molecule has 0 saturated heterocycles. The van der Waals surface area contributed by atoms with Gasteiger partial charge in [0.05, 0.1) is 11.9 Å². The third kappa shape index (κ3) is 3.64. The molecular weight excluding hydrogens is 253 g/mol. The molecule has 0 fully saturated rings. The summed E-state index contributed by atoms with van der Waals surface area (Å²) in [6, 6.07) is 13.1. The van der Waals surface area contributed by atoms with Gasteiger partial charge in [-0.05, 0) is 43.4 Å². The minimum atomic E-state index is -0.970. The van der Waals surface area contributed by atoms with E-state index < -0.39 is 5.60 Å². The summed E-state index contributed by atoms with van der Waals surface area (Å²) in [4.78, 5) is 4.02. The number of hydrogen-bond acceptors (Lipinski definition) is 2. The lowest BCUT2D eigenvalue weighted by atomic mass is 9.89. The van der Waals surface area contributed by atoms with Crippen molar-refractivity contribution < 1.29 is 9.50 Å². The monoisotopic (exact) mass is 273 g/mol. The van der Waals surface area contributed by atoms with Crippen LogP contribution in [0.5, 0.6) is 0 Å². The van der Waals surface area contributed by atoms with Crippen LogP contribution in [0.2, 0.25) is 0 Å². The quantitative estimate of drug-likeness (QED) is 0.867. The summed E-state index contributed by atoms with van der Waals surface area (Å²) in [5.41, 5.74) is 0.843. The van der Waals surface area contributed by atoms with Crippen molar-refractivity contribution >= 4 is 0 Å². The third-order valence-electron chi connectivity index (χ3n) is 3.69. The lowest BCUT2D eigenvalue weighted by Gasteiger charge is -2.26. The van der Waals surface area contributed by atoms with Crippen LogP contribution in [0.15, 0.2) is 48.7 Å². The van der Waals surface area contributed by atoms with Gasteiger partial charge in [0.25, 0.3) is 0 Å². The van der Waals surface area contributed by atoms with Gasteiger partial charge in [-0.3, -0.25) is 4.98 Å². The van der Waals surface area contributed by atoms with Gasteiger partial charge in [0.1, 0.15) is 11.4 Å². The molecule has 1 atom stereocenters. The fraction of sp³-hybridized carbons (Fsp3) is 0.353. The number of rotatable bonds is 6. The number of aryl methyl sites for hydroxylation is 1. The summed E-state index contributed by atoms with van der Waals surface area (Å²) in [7, 11) is 0. The molecule has 0 amide bonds. The lowest BCUT2D eigenvalue weighted by molar-refractivity contribution is 0.0170. The van der Waals surface area contributed by atoms with E-state index in [1.807, 2.05) is 25.1 Å². The van der Waals surface area contributed by atoms with E-state index in [1.54, 1.807) is 6.07 Å². The minimum Gasteiger partial charge on any atom is -0.384 e. The Kier molecular flexibility index (Phi) is 4.85. The molecule has 1 N–H and O–H groups in total. The van der Waals surface area contributed by atoms with Gasteiger partial charge in [0.15, 0.2) is 0 Å². The normalized spacial score (nSPS) is 13.9. The van der Waals surface area contributed by atoms with Crippen molar-refractivity contribution in [2.24, 2.45) is 0 Å². The Morgan fingerprint density at radius 2 is 1.90 bits per heavy atom. The van der Waals surface area contributed by atoms with Crippen LogP contribution in [-0.4, -0.2) is 10.1 Å². The van der Waals surface area contributed by atoms with Crippen molar-refractivity contribution in [2.75, 3.05) is 0 Å². The van der Waals surface area contributed by atoms with E-state index in [0.717, 1.165) is 19.0 Å². The fourth-order valence-corrected chi connectivity index (χ4v) is 2.37.